The molecule has 0 fully saturated rings. The Hall–Kier alpha value is -1.84. The molecule has 0 aliphatic carbocycles. The predicted octanol–water partition coefficient (Wildman–Crippen LogP) is 0.377. The topological polar surface area (TPSA) is 187 Å². The smallest absolute Gasteiger partial charge is 0.494 e. The molecule has 2 atom stereocenters. The minimum Gasteiger partial charge on any atom is -0.494 e. The minimum absolute atomic E-state index is 0. The van der Waals surface area contributed by atoms with Gasteiger partial charge in [0.05, 0.1) is 19.3 Å². The van der Waals surface area contributed by atoms with Crippen LogP contribution in [0.25, 0.3) is 0 Å². The highest BCUT2D eigenvalue weighted by Gasteiger charge is 2.41. The number of aliphatic hydroxyl groups is 2. The van der Waals surface area contributed by atoms with E-state index in [-0.39, 0.29) is 44.9 Å². The number of nitrogens with two attached hydrogens (primary N) is 1. The Bertz CT molecular complexity index is 1120. The molecular weight excluding hydrogens is 580 g/mol. The van der Waals surface area contributed by atoms with Gasteiger partial charge in [0.15, 0.2) is 0 Å². The Morgan fingerprint density at radius 3 is 1.74 bits per heavy atom. The van der Waals surface area contributed by atoms with Gasteiger partial charge in [0.1, 0.15) is 17.6 Å². The Labute approximate surface area is 241 Å². The van der Waals surface area contributed by atoms with Crippen molar-refractivity contribution >= 4 is 60.8 Å². The second-order valence-electron chi connectivity index (χ2n) is 8.37. The molecule has 0 radical (unpaired) electrons. The van der Waals surface area contributed by atoms with Gasteiger partial charge in [0, 0.05) is 58.5 Å². The number of fused-ring (bicyclic) bond motifs is 2. The largest absolute Gasteiger partial charge is 0.496 e. The average molecular weight is 609 g/mol. The van der Waals surface area contributed by atoms with Crippen LogP contribution in [0.15, 0.2) is 24.3 Å². The lowest BCUT2D eigenvalue weighted by molar-refractivity contribution is -0.490. The van der Waals surface area contributed by atoms with Crippen LogP contribution in [-0.4, -0.2) is 78.9 Å². The summed E-state index contributed by atoms with van der Waals surface area (Å²) in [5.74, 6) is 0.800. The van der Waals surface area contributed by atoms with E-state index in [1.807, 2.05) is 0 Å². The number of nitro groups is 1. The van der Waals surface area contributed by atoms with Gasteiger partial charge in [-0.05, 0) is 35.4 Å². The summed E-state index contributed by atoms with van der Waals surface area (Å²) in [4.78, 5) is 10.1. The molecule has 4 rings (SSSR count). The number of hydrogen-bond donors (Lipinski definition) is 5. The van der Waals surface area contributed by atoms with Gasteiger partial charge in [0.25, 0.3) is 0 Å². The van der Waals surface area contributed by atoms with Gasteiger partial charge < -0.3 is 44.8 Å². The van der Waals surface area contributed by atoms with Crippen molar-refractivity contribution in [3.8, 4) is 11.5 Å². The number of aliphatic hydroxyl groups excluding tert-OH is 2. The summed E-state index contributed by atoms with van der Waals surface area (Å²) in [5.41, 5.74) is 7.74. The van der Waals surface area contributed by atoms with Crippen molar-refractivity contribution < 1.29 is 44.0 Å². The molecule has 0 spiro atoms. The highest BCUT2D eigenvalue weighted by atomic mass is 35.5. The maximum absolute atomic E-state index is 10.6. The van der Waals surface area contributed by atoms with E-state index in [0.717, 1.165) is 5.56 Å². The standard InChI is InChI=1S/C11H13BClNO6.C11H15BClNO4.ClH/c13-7-4-8-10(6-14(17)18)20-12(16)11(8)9(5-7)19-3-1-2-15;13-7-4-8-10(6-14)18-12(16)11(8)9(5-7)17-3-1-2-15;/h4-5,10,15-16H,1-3,6H2;4-5,10,15-16H,1-3,6,14H2;1H. The monoisotopic (exact) mass is 608 g/mol. The summed E-state index contributed by atoms with van der Waals surface area (Å²) < 4.78 is 21.4. The fourth-order valence-corrected chi connectivity index (χ4v) is 4.51. The Kier molecular flexibility index (Phi) is 13.5. The maximum atomic E-state index is 10.6. The first kappa shape index (κ1) is 33.4. The van der Waals surface area contributed by atoms with Crippen LogP contribution in [-0.2, 0) is 9.31 Å². The number of benzene rings is 2. The summed E-state index contributed by atoms with van der Waals surface area (Å²) in [6, 6.07) is 6.39. The van der Waals surface area contributed by atoms with Gasteiger partial charge >= 0.3 is 14.2 Å². The fraction of sp³-hybridized carbons (Fsp3) is 0.455. The average Bonchev–Trinajstić information content (AvgIpc) is 3.34. The number of hydrogen-bond acceptors (Lipinski definition) is 11. The zero-order valence-corrected chi connectivity index (χ0v) is 23.0. The molecule has 2 aromatic carbocycles. The zero-order valence-electron chi connectivity index (χ0n) is 20.7. The summed E-state index contributed by atoms with van der Waals surface area (Å²) in [6.07, 6.45) is -0.280. The molecule has 2 heterocycles. The van der Waals surface area contributed by atoms with Gasteiger partial charge in [-0.3, -0.25) is 10.1 Å². The molecule has 2 aromatic rings. The maximum Gasteiger partial charge on any atom is 0.496 e. The first-order valence-electron chi connectivity index (χ1n) is 11.8. The normalized spacial score (nSPS) is 17.1. The van der Waals surface area contributed by atoms with Crippen molar-refractivity contribution in [3.05, 3.63) is 55.6 Å². The van der Waals surface area contributed by atoms with Crippen LogP contribution in [0.3, 0.4) is 0 Å². The molecule has 0 aromatic heterocycles. The van der Waals surface area contributed by atoms with Gasteiger partial charge in [0.2, 0.25) is 6.54 Å². The molecule has 12 nitrogen and oxygen atoms in total. The van der Waals surface area contributed by atoms with Crippen molar-refractivity contribution in [3.63, 3.8) is 0 Å². The SMILES string of the molecule is Cl.NCC1OB(O)c2c(OCCCO)cc(Cl)cc21.O=[N+]([O-])CC1OB(O)c2c(OCCCO)cc(Cl)cc21. The molecule has 2 unspecified atom stereocenters. The van der Waals surface area contributed by atoms with Crippen LogP contribution >= 0.6 is 35.6 Å². The summed E-state index contributed by atoms with van der Waals surface area (Å²) in [7, 11) is -2.33. The predicted molar refractivity (Wildman–Crippen MR) is 148 cm³/mol. The second-order valence-corrected chi connectivity index (χ2v) is 9.24. The number of halogens is 3. The molecular formula is C22H29B2Cl3N2O10. The van der Waals surface area contributed by atoms with Crippen LogP contribution in [0.2, 0.25) is 10.0 Å². The van der Waals surface area contributed by atoms with Crippen molar-refractivity contribution in [1.82, 2.24) is 0 Å². The van der Waals surface area contributed by atoms with E-state index >= 15 is 0 Å². The van der Waals surface area contributed by atoms with Crippen molar-refractivity contribution in [1.29, 1.82) is 0 Å². The summed E-state index contributed by atoms with van der Waals surface area (Å²) >= 11 is 12.0. The van der Waals surface area contributed by atoms with E-state index in [1.54, 1.807) is 12.1 Å². The third-order valence-electron chi connectivity index (χ3n) is 5.70. The van der Waals surface area contributed by atoms with Crippen LogP contribution < -0.4 is 26.1 Å². The lowest BCUT2D eigenvalue weighted by Gasteiger charge is -2.12. The third-order valence-corrected chi connectivity index (χ3v) is 6.14. The van der Waals surface area contributed by atoms with Crippen molar-refractivity contribution in [2.75, 3.05) is 39.5 Å². The lowest BCUT2D eigenvalue weighted by Crippen LogP contribution is -2.30. The number of rotatable bonds is 11. The van der Waals surface area contributed by atoms with Gasteiger partial charge in [-0.25, -0.2) is 0 Å². The molecule has 2 aliphatic rings. The Balaban J connectivity index is 0.000000268. The quantitative estimate of drug-likeness (QED) is 0.103. The van der Waals surface area contributed by atoms with Crippen LogP contribution in [0.4, 0.5) is 0 Å². The molecule has 0 amide bonds. The lowest BCUT2D eigenvalue weighted by atomic mass is 9.78. The highest BCUT2D eigenvalue weighted by molar-refractivity contribution is 6.63. The van der Waals surface area contributed by atoms with Gasteiger partial charge in [-0.2, -0.15) is 0 Å². The van der Waals surface area contributed by atoms with E-state index < -0.39 is 31.8 Å². The molecule has 214 valence electrons. The van der Waals surface area contributed by atoms with E-state index in [0.29, 0.717) is 57.5 Å². The summed E-state index contributed by atoms with van der Waals surface area (Å²) in [6.45, 7) is 0.430. The fourth-order valence-electron chi connectivity index (χ4n) is 4.07. The first-order valence-corrected chi connectivity index (χ1v) is 12.6. The van der Waals surface area contributed by atoms with Gasteiger partial charge in [-0.1, -0.05) is 23.2 Å². The molecule has 39 heavy (non-hydrogen) atoms. The van der Waals surface area contributed by atoms with E-state index in [1.165, 1.54) is 12.1 Å². The molecule has 2 aliphatic heterocycles. The molecule has 17 heteroatoms. The zero-order chi connectivity index (χ0) is 27.8. The van der Waals surface area contributed by atoms with Crippen molar-refractivity contribution in [2.45, 2.75) is 25.0 Å². The van der Waals surface area contributed by atoms with Crippen LogP contribution in [0, 0.1) is 10.1 Å². The van der Waals surface area contributed by atoms with E-state index in [9.17, 15) is 20.2 Å². The van der Waals surface area contributed by atoms with E-state index in [2.05, 4.69) is 0 Å². The second kappa shape index (κ2) is 15.8. The minimum atomic E-state index is -1.28. The number of nitrogens with zero attached hydrogens (tertiary/aromatic N) is 1. The Morgan fingerprint density at radius 2 is 1.33 bits per heavy atom. The van der Waals surface area contributed by atoms with Crippen LogP contribution in [0.1, 0.15) is 36.2 Å². The van der Waals surface area contributed by atoms with Gasteiger partial charge in [-0.15, -0.1) is 12.4 Å². The molecule has 0 bridgehead atoms. The highest BCUT2D eigenvalue weighted by Crippen LogP contribution is 2.32. The van der Waals surface area contributed by atoms with Crippen molar-refractivity contribution in [2.24, 2.45) is 5.73 Å². The number of ether oxygens (including phenoxy) is 2. The molecule has 6 N–H and O–H groups in total. The molecule has 0 saturated carbocycles. The molecule has 0 saturated heterocycles. The van der Waals surface area contributed by atoms with Crippen LogP contribution in [0.5, 0.6) is 11.5 Å². The Morgan fingerprint density at radius 1 is 0.897 bits per heavy atom. The first-order chi connectivity index (χ1) is 18.2. The third kappa shape index (κ3) is 8.57. The summed E-state index contributed by atoms with van der Waals surface area (Å²) in [5, 5.41) is 48.6. The van der Waals surface area contributed by atoms with E-state index in [4.69, 9.17) is 57.9 Å².